The number of rotatable bonds is 5. The number of hydrogen-bond acceptors (Lipinski definition) is 6. The van der Waals surface area contributed by atoms with Gasteiger partial charge in [0.1, 0.15) is 4.88 Å². The topological polar surface area (TPSA) is 86.1 Å². The molecule has 0 aliphatic carbocycles. The second-order valence-corrected chi connectivity index (χ2v) is 7.14. The van der Waals surface area contributed by atoms with Gasteiger partial charge in [-0.25, -0.2) is 14.5 Å². The molecule has 8 heteroatoms. The molecule has 0 fully saturated rings. The Balaban J connectivity index is 1.80. The van der Waals surface area contributed by atoms with Gasteiger partial charge in [0.05, 0.1) is 35.6 Å². The molecule has 1 N–H and O–H groups in total. The summed E-state index contributed by atoms with van der Waals surface area (Å²) in [6, 6.07) is 13.1. The Morgan fingerprint density at radius 3 is 2.72 bits per heavy atom. The molecule has 29 heavy (non-hydrogen) atoms. The van der Waals surface area contributed by atoms with Gasteiger partial charge in [0, 0.05) is 12.1 Å². The fraction of sp³-hybridized carbons (Fsp3) is 0.143. The lowest BCUT2D eigenvalue weighted by atomic mass is 10.1. The summed E-state index contributed by atoms with van der Waals surface area (Å²) in [6.45, 7) is 2.60. The van der Waals surface area contributed by atoms with Crippen LogP contribution in [0.4, 0.5) is 5.69 Å². The molecule has 7 nitrogen and oxygen atoms in total. The van der Waals surface area contributed by atoms with Crippen molar-refractivity contribution in [1.29, 1.82) is 0 Å². The third kappa shape index (κ3) is 3.50. The highest BCUT2D eigenvalue weighted by Crippen LogP contribution is 2.28. The number of nitrogens with one attached hydrogen (secondary N) is 1. The summed E-state index contributed by atoms with van der Waals surface area (Å²) in [6.07, 6.45) is 1.64. The zero-order valence-corrected chi connectivity index (χ0v) is 16.7. The predicted octanol–water partition coefficient (Wildman–Crippen LogP) is 4.22. The van der Waals surface area contributed by atoms with E-state index in [0.29, 0.717) is 39.4 Å². The number of benzene rings is 1. The molecule has 3 heterocycles. The second-order valence-electron chi connectivity index (χ2n) is 6.23. The number of anilines is 1. The Bertz CT molecular complexity index is 1200. The molecule has 146 valence electrons. The summed E-state index contributed by atoms with van der Waals surface area (Å²) >= 11 is 1.21. The SMILES string of the molecule is CCn1ncc2c(C(=O)Nc3ccsc3C(=O)OC)cc(-c3ccccc3)nc21. The van der Waals surface area contributed by atoms with Gasteiger partial charge in [0.2, 0.25) is 0 Å². The van der Waals surface area contributed by atoms with E-state index in [1.54, 1.807) is 28.4 Å². The van der Waals surface area contributed by atoms with Crippen LogP contribution < -0.4 is 5.32 Å². The summed E-state index contributed by atoms with van der Waals surface area (Å²) < 4.78 is 6.54. The number of carbonyl (C=O) groups excluding carboxylic acids is 2. The molecule has 0 radical (unpaired) electrons. The van der Waals surface area contributed by atoms with E-state index >= 15 is 0 Å². The highest BCUT2D eigenvalue weighted by molar-refractivity contribution is 7.12. The molecule has 1 amide bonds. The van der Waals surface area contributed by atoms with Crippen molar-refractivity contribution >= 4 is 39.9 Å². The zero-order chi connectivity index (χ0) is 20.4. The molecule has 0 saturated heterocycles. The van der Waals surface area contributed by atoms with Crippen molar-refractivity contribution in [2.75, 3.05) is 12.4 Å². The van der Waals surface area contributed by atoms with Crippen LogP contribution in [0.5, 0.6) is 0 Å². The van der Waals surface area contributed by atoms with Crippen molar-refractivity contribution in [1.82, 2.24) is 14.8 Å². The number of esters is 1. The third-order valence-electron chi connectivity index (χ3n) is 4.51. The maximum absolute atomic E-state index is 13.1. The number of fused-ring (bicyclic) bond motifs is 1. The molecule has 0 aliphatic heterocycles. The molecular weight excluding hydrogens is 388 g/mol. The fourth-order valence-corrected chi connectivity index (χ4v) is 3.84. The van der Waals surface area contributed by atoms with E-state index in [1.807, 2.05) is 37.3 Å². The van der Waals surface area contributed by atoms with Crippen molar-refractivity contribution in [3.63, 3.8) is 0 Å². The van der Waals surface area contributed by atoms with Gasteiger partial charge in [-0.15, -0.1) is 11.3 Å². The smallest absolute Gasteiger partial charge is 0.350 e. The van der Waals surface area contributed by atoms with Crippen LogP contribution in [0.15, 0.2) is 54.0 Å². The average molecular weight is 406 g/mol. The number of ether oxygens (including phenoxy) is 1. The van der Waals surface area contributed by atoms with Crippen LogP contribution in [0, 0.1) is 0 Å². The molecule has 4 aromatic rings. The average Bonchev–Trinajstić information content (AvgIpc) is 3.39. The summed E-state index contributed by atoms with van der Waals surface area (Å²) in [5.74, 6) is -0.826. The number of pyridine rings is 1. The second kappa shape index (κ2) is 7.84. The van der Waals surface area contributed by atoms with Gasteiger partial charge in [0.25, 0.3) is 5.91 Å². The van der Waals surface area contributed by atoms with Gasteiger partial charge in [-0.1, -0.05) is 30.3 Å². The number of nitrogens with zero attached hydrogens (tertiary/aromatic N) is 3. The first-order valence-corrected chi connectivity index (χ1v) is 9.89. The van der Waals surface area contributed by atoms with Gasteiger partial charge in [-0.3, -0.25) is 4.79 Å². The summed E-state index contributed by atoms with van der Waals surface area (Å²) in [7, 11) is 1.31. The van der Waals surface area contributed by atoms with Gasteiger partial charge < -0.3 is 10.1 Å². The lowest BCUT2D eigenvalue weighted by Crippen LogP contribution is -2.15. The number of amides is 1. The summed E-state index contributed by atoms with van der Waals surface area (Å²) in [5.41, 5.74) is 3.07. The molecular formula is C21H18N4O3S. The van der Waals surface area contributed by atoms with Crippen LogP contribution in [0.2, 0.25) is 0 Å². The Morgan fingerprint density at radius 2 is 2.00 bits per heavy atom. The minimum atomic E-state index is -0.487. The number of thiophene rings is 1. The lowest BCUT2D eigenvalue weighted by molar-refractivity contribution is 0.0607. The molecule has 1 aromatic carbocycles. The van der Waals surface area contributed by atoms with Crippen molar-refractivity contribution in [2.24, 2.45) is 0 Å². The predicted molar refractivity (Wildman–Crippen MR) is 112 cm³/mol. The van der Waals surface area contributed by atoms with Gasteiger partial charge >= 0.3 is 5.97 Å². The molecule has 0 unspecified atom stereocenters. The highest BCUT2D eigenvalue weighted by Gasteiger charge is 2.20. The minimum absolute atomic E-state index is 0.339. The van der Waals surface area contributed by atoms with Crippen LogP contribution in [-0.4, -0.2) is 33.8 Å². The molecule has 4 rings (SSSR count). The first-order chi connectivity index (χ1) is 14.1. The van der Waals surface area contributed by atoms with E-state index in [0.717, 1.165) is 5.56 Å². The van der Waals surface area contributed by atoms with Crippen LogP contribution in [0.1, 0.15) is 27.0 Å². The maximum atomic E-state index is 13.1. The molecule has 0 aliphatic rings. The first kappa shape index (κ1) is 18.8. The van der Waals surface area contributed by atoms with Crippen LogP contribution in [0.3, 0.4) is 0 Å². The van der Waals surface area contributed by atoms with E-state index < -0.39 is 5.97 Å². The Kier molecular flexibility index (Phi) is 5.09. The number of methoxy groups -OCH3 is 1. The van der Waals surface area contributed by atoms with Crippen LogP contribution in [-0.2, 0) is 11.3 Å². The first-order valence-electron chi connectivity index (χ1n) is 9.01. The van der Waals surface area contributed by atoms with E-state index in [1.165, 1.54) is 18.4 Å². The Labute approximate surface area is 171 Å². The van der Waals surface area contributed by atoms with Gasteiger partial charge in [-0.05, 0) is 24.4 Å². The number of aromatic nitrogens is 3. The van der Waals surface area contributed by atoms with Gasteiger partial charge in [0.15, 0.2) is 5.65 Å². The Morgan fingerprint density at radius 1 is 1.21 bits per heavy atom. The standard InChI is InChI=1S/C21H18N4O3S/c1-3-25-19-15(12-22-25)14(11-17(23-19)13-7-5-4-6-8-13)20(26)24-16-9-10-29-18(16)21(27)28-2/h4-12H,3H2,1-2H3,(H,24,26). The molecule has 3 aromatic heterocycles. The zero-order valence-electron chi connectivity index (χ0n) is 15.9. The Hall–Kier alpha value is -3.52. The third-order valence-corrected chi connectivity index (χ3v) is 5.40. The normalized spacial score (nSPS) is 10.8. The quantitative estimate of drug-likeness (QED) is 0.502. The maximum Gasteiger partial charge on any atom is 0.350 e. The van der Waals surface area contributed by atoms with E-state index in [9.17, 15) is 9.59 Å². The molecule has 0 spiro atoms. The minimum Gasteiger partial charge on any atom is -0.465 e. The van der Waals surface area contributed by atoms with Crippen molar-refractivity contribution in [2.45, 2.75) is 13.5 Å². The number of aryl methyl sites for hydroxylation is 1. The summed E-state index contributed by atoms with van der Waals surface area (Å²) in [5, 5.41) is 9.56. The number of carbonyl (C=O) groups is 2. The molecule has 0 saturated carbocycles. The number of hydrogen-bond donors (Lipinski definition) is 1. The highest BCUT2D eigenvalue weighted by atomic mass is 32.1. The largest absolute Gasteiger partial charge is 0.465 e. The monoisotopic (exact) mass is 406 g/mol. The molecule has 0 bridgehead atoms. The fourth-order valence-electron chi connectivity index (χ4n) is 3.07. The molecule has 0 atom stereocenters. The van der Waals surface area contributed by atoms with Crippen LogP contribution >= 0.6 is 11.3 Å². The van der Waals surface area contributed by atoms with E-state index in [2.05, 4.69) is 10.4 Å². The lowest BCUT2D eigenvalue weighted by Gasteiger charge is -2.09. The van der Waals surface area contributed by atoms with E-state index in [4.69, 9.17) is 9.72 Å². The van der Waals surface area contributed by atoms with Crippen molar-refractivity contribution < 1.29 is 14.3 Å². The van der Waals surface area contributed by atoms with Crippen LogP contribution in [0.25, 0.3) is 22.3 Å². The van der Waals surface area contributed by atoms with Crippen molar-refractivity contribution in [3.8, 4) is 11.3 Å². The summed E-state index contributed by atoms with van der Waals surface area (Å²) in [4.78, 5) is 30.1. The van der Waals surface area contributed by atoms with E-state index in [-0.39, 0.29) is 5.91 Å². The van der Waals surface area contributed by atoms with Crippen molar-refractivity contribution in [3.05, 3.63) is 64.5 Å². The van der Waals surface area contributed by atoms with Gasteiger partial charge in [-0.2, -0.15) is 5.10 Å².